The second-order valence-corrected chi connectivity index (χ2v) is 6.38. The second-order valence-electron chi connectivity index (χ2n) is 6.38. The Balaban J connectivity index is 1.79. The lowest BCUT2D eigenvalue weighted by atomic mass is 9.92. The lowest BCUT2D eigenvalue weighted by molar-refractivity contribution is -0.0171. The number of fused-ring (bicyclic) bond motifs is 1. The highest BCUT2D eigenvalue weighted by Crippen LogP contribution is 2.34. The molecule has 0 aromatic heterocycles. The third-order valence-electron chi connectivity index (χ3n) is 4.56. The molecule has 0 saturated carbocycles. The van der Waals surface area contributed by atoms with Gasteiger partial charge in [-0.1, -0.05) is 18.2 Å². The number of piperidine rings is 1. The first kappa shape index (κ1) is 12.9. The lowest BCUT2D eigenvalue weighted by Crippen LogP contribution is -2.54. The number of anilines is 1. The highest BCUT2D eigenvalue weighted by Gasteiger charge is 2.37. The summed E-state index contributed by atoms with van der Waals surface area (Å²) >= 11 is 0. The van der Waals surface area contributed by atoms with Crippen LogP contribution in [0.25, 0.3) is 0 Å². The summed E-state index contributed by atoms with van der Waals surface area (Å²) in [5.74, 6) is 0. The van der Waals surface area contributed by atoms with Crippen molar-refractivity contribution in [1.82, 2.24) is 4.90 Å². The molecular formula is C16H24N2O. The second kappa shape index (κ2) is 4.80. The van der Waals surface area contributed by atoms with Crippen LogP contribution in [0.15, 0.2) is 24.3 Å². The number of para-hydroxylation sites is 1. The molecule has 0 unspecified atom stereocenters. The number of likely N-dealkylation sites (N-methyl/N-ethyl adjacent to an activating group) is 1. The minimum atomic E-state index is -0.557. The van der Waals surface area contributed by atoms with Gasteiger partial charge in [0, 0.05) is 24.8 Å². The van der Waals surface area contributed by atoms with E-state index in [-0.39, 0.29) is 0 Å². The predicted octanol–water partition coefficient (Wildman–Crippen LogP) is 1.89. The zero-order valence-electron chi connectivity index (χ0n) is 12.0. The normalized spacial score (nSPS) is 31.5. The maximum Gasteiger partial charge on any atom is 0.0948 e. The monoisotopic (exact) mass is 260 g/mol. The molecule has 0 radical (unpaired) electrons. The van der Waals surface area contributed by atoms with Gasteiger partial charge in [-0.2, -0.15) is 0 Å². The molecule has 1 aromatic carbocycles. The van der Waals surface area contributed by atoms with Gasteiger partial charge in [-0.3, -0.25) is 0 Å². The predicted molar refractivity (Wildman–Crippen MR) is 78.6 cm³/mol. The van der Waals surface area contributed by atoms with Crippen molar-refractivity contribution in [2.75, 3.05) is 31.6 Å². The molecule has 1 aromatic rings. The molecule has 0 aliphatic carbocycles. The molecule has 1 fully saturated rings. The van der Waals surface area contributed by atoms with Gasteiger partial charge in [0.25, 0.3) is 0 Å². The summed E-state index contributed by atoms with van der Waals surface area (Å²) in [7, 11) is 2.10. The van der Waals surface area contributed by atoms with Crippen molar-refractivity contribution in [2.45, 2.75) is 37.8 Å². The molecule has 0 bridgehead atoms. The number of likely N-dealkylation sites (tertiary alicyclic amines) is 1. The van der Waals surface area contributed by atoms with Gasteiger partial charge in [0.1, 0.15) is 0 Å². The van der Waals surface area contributed by atoms with Gasteiger partial charge >= 0.3 is 0 Å². The molecule has 3 heteroatoms. The van der Waals surface area contributed by atoms with Crippen LogP contribution in [0.4, 0.5) is 5.69 Å². The summed E-state index contributed by atoms with van der Waals surface area (Å²) in [6, 6.07) is 9.10. The number of β-amino-alcohol motifs (C(OH)–C–C–N with tert-alkyl or cyclic N) is 1. The van der Waals surface area contributed by atoms with E-state index in [2.05, 4.69) is 48.0 Å². The molecule has 2 atom stereocenters. The first-order chi connectivity index (χ1) is 9.07. The van der Waals surface area contributed by atoms with Crippen LogP contribution in [0.3, 0.4) is 0 Å². The van der Waals surface area contributed by atoms with Crippen LogP contribution in [0.1, 0.15) is 25.3 Å². The SMILES string of the molecule is C[C@@H]1Cc2ccccc2N1C[C@]1(O)CCCN(C)C1. The average Bonchev–Trinajstić information content (AvgIpc) is 2.65. The quantitative estimate of drug-likeness (QED) is 0.880. The molecule has 2 aliphatic rings. The molecule has 0 amide bonds. The molecule has 2 aliphatic heterocycles. The van der Waals surface area contributed by atoms with Crippen LogP contribution in [-0.2, 0) is 6.42 Å². The fraction of sp³-hybridized carbons (Fsp3) is 0.625. The fourth-order valence-corrected chi connectivity index (χ4v) is 3.66. The molecule has 104 valence electrons. The molecule has 1 saturated heterocycles. The van der Waals surface area contributed by atoms with E-state index in [4.69, 9.17) is 0 Å². The molecule has 3 rings (SSSR count). The number of nitrogens with zero attached hydrogens (tertiary/aromatic N) is 2. The molecule has 3 nitrogen and oxygen atoms in total. The smallest absolute Gasteiger partial charge is 0.0948 e. The molecule has 19 heavy (non-hydrogen) atoms. The van der Waals surface area contributed by atoms with Crippen molar-refractivity contribution in [3.63, 3.8) is 0 Å². The Morgan fingerprint density at radius 1 is 1.37 bits per heavy atom. The van der Waals surface area contributed by atoms with E-state index in [1.54, 1.807) is 0 Å². The van der Waals surface area contributed by atoms with Crippen LogP contribution >= 0.6 is 0 Å². The van der Waals surface area contributed by atoms with Crippen molar-refractivity contribution in [1.29, 1.82) is 0 Å². The maximum absolute atomic E-state index is 10.9. The van der Waals surface area contributed by atoms with Gasteiger partial charge in [0.2, 0.25) is 0 Å². The van der Waals surface area contributed by atoms with Crippen LogP contribution in [0, 0.1) is 0 Å². The standard InChI is InChI=1S/C16H24N2O/c1-13-10-14-6-3-4-7-15(14)18(13)12-16(19)8-5-9-17(2)11-16/h3-4,6-7,13,19H,5,8-12H2,1-2H3/t13-,16+/m1/s1. The summed E-state index contributed by atoms with van der Waals surface area (Å²) in [5, 5.41) is 10.9. The minimum absolute atomic E-state index is 0.494. The maximum atomic E-state index is 10.9. The topological polar surface area (TPSA) is 26.7 Å². The highest BCUT2D eigenvalue weighted by molar-refractivity contribution is 5.59. The summed E-state index contributed by atoms with van der Waals surface area (Å²) in [5.41, 5.74) is 2.18. The van der Waals surface area contributed by atoms with E-state index in [9.17, 15) is 5.11 Å². The van der Waals surface area contributed by atoms with E-state index < -0.39 is 5.60 Å². The van der Waals surface area contributed by atoms with Crippen molar-refractivity contribution in [2.24, 2.45) is 0 Å². The van der Waals surface area contributed by atoms with Crippen molar-refractivity contribution >= 4 is 5.69 Å². The van der Waals surface area contributed by atoms with Gasteiger partial charge in [-0.05, 0) is 51.4 Å². The average molecular weight is 260 g/mol. The fourth-order valence-electron chi connectivity index (χ4n) is 3.66. The Labute approximate surface area is 115 Å². The first-order valence-corrected chi connectivity index (χ1v) is 7.33. The number of benzene rings is 1. The summed E-state index contributed by atoms with van der Waals surface area (Å²) in [4.78, 5) is 4.64. The molecular weight excluding hydrogens is 236 g/mol. The number of hydrogen-bond acceptors (Lipinski definition) is 3. The van der Waals surface area contributed by atoms with Crippen LogP contribution < -0.4 is 4.90 Å². The largest absolute Gasteiger partial charge is 0.387 e. The van der Waals surface area contributed by atoms with Crippen molar-refractivity contribution in [3.05, 3.63) is 29.8 Å². The third-order valence-corrected chi connectivity index (χ3v) is 4.56. The van der Waals surface area contributed by atoms with E-state index in [1.807, 2.05) is 0 Å². The van der Waals surface area contributed by atoms with Crippen LogP contribution in [-0.4, -0.2) is 48.3 Å². The Kier molecular flexibility index (Phi) is 3.27. The van der Waals surface area contributed by atoms with Gasteiger partial charge < -0.3 is 14.9 Å². The van der Waals surface area contributed by atoms with Crippen LogP contribution in [0.2, 0.25) is 0 Å². The Morgan fingerprint density at radius 2 is 2.16 bits per heavy atom. The molecule has 0 spiro atoms. The van der Waals surface area contributed by atoms with Crippen molar-refractivity contribution in [3.8, 4) is 0 Å². The summed E-state index contributed by atoms with van der Waals surface area (Å²) in [6.45, 7) is 4.91. The number of aliphatic hydroxyl groups is 1. The summed E-state index contributed by atoms with van der Waals surface area (Å²) < 4.78 is 0. The Bertz CT molecular complexity index is 462. The molecule has 1 N–H and O–H groups in total. The zero-order chi connectivity index (χ0) is 13.5. The minimum Gasteiger partial charge on any atom is -0.387 e. The van der Waals surface area contributed by atoms with Crippen LogP contribution in [0.5, 0.6) is 0 Å². The molecule has 2 heterocycles. The van der Waals surface area contributed by atoms with Gasteiger partial charge in [0.05, 0.1) is 5.60 Å². The first-order valence-electron chi connectivity index (χ1n) is 7.33. The zero-order valence-corrected chi connectivity index (χ0v) is 12.0. The lowest BCUT2D eigenvalue weighted by Gasteiger charge is -2.41. The number of rotatable bonds is 2. The summed E-state index contributed by atoms with van der Waals surface area (Å²) in [6.07, 6.45) is 3.11. The number of hydrogen-bond donors (Lipinski definition) is 1. The van der Waals surface area contributed by atoms with E-state index >= 15 is 0 Å². The van der Waals surface area contributed by atoms with Gasteiger partial charge in [-0.25, -0.2) is 0 Å². The van der Waals surface area contributed by atoms with Crippen molar-refractivity contribution < 1.29 is 5.11 Å². The van der Waals surface area contributed by atoms with Gasteiger partial charge in [-0.15, -0.1) is 0 Å². The van der Waals surface area contributed by atoms with E-state index in [1.165, 1.54) is 11.3 Å². The highest BCUT2D eigenvalue weighted by atomic mass is 16.3. The van der Waals surface area contributed by atoms with E-state index in [0.717, 1.165) is 38.9 Å². The van der Waals surface area contributed by atoms with Gasteiger partial charge in [0.15, 0.2) is 0 Å². The Hall–Kier alpha value is -1.06. The van der Waals surface area contributed by atoms with E-state index in [0.29, 0.717) is 6.04 Å². The third kappa shape index (κ3) is 2.49. The Morgan fingerprint density at radius 3 is 2.95 bits per heavy atom.